The van der Waals surface area contributed by atoms with Crippen LogP contribution in [0.1, 0.15) is 49.9 Å². The first-order valence-corrected chi connectivity index (χ1v) is 26.4. The van der Waals surface area contributed by atoms with Gasteiger partial charge in [0.15, 0.2) is 58.8 Å². The van der Waals surface area contributed by atoms with Gasteiger partial charge in [0.1, 0.15) is 54.2 Å². The summed E-state index contributed by atoms with van der Waals surface area (Å²) in [7, 11) is -1.96. The molecule has 2 aliphatic rings. The minimum absolute atomic E-state index is 0.0269. The van der Waals surface area contributed by atoms with Gasteiger partial charge in [-0.05, 0) is 65.2 Å². The first kappa shape index (κ1) is 53.3. The minimum Gasteiger partial charge on any atom is -0.497 e. The number of rotatable bonds is 19. The minimum atomic E-state index is -5.00. The third kappa shape index (κ3) is 10.3. The molecule has 11 rings (SSSR count). The highest BCUT2D eigenvalue weighted by atomic mass is 32.2. The van der Waals surface area contributed by atoms with Crippen molar-refractivity contribution in [3.63, 3.8) is 0 Å². The molecule has 0 bridgehead atoms. The van der Waals surface area contributed by atoms with Crippen LogP contribution in [-0.2, 0) is 34.3 Å². The van der Waals surface area contributed by atoms with Crippen LogP contribution in [0.15, 0.2) is 165 Å². The van der Waals surface area contributed by atoms with Gasteiger partial charge in [0.2, 0.25) is 0 Å². The van der Waals surface area contributed by atoms with Gasteiger partial charge in [0, 0.05) is 24.2 Å². The Morgan fingerprint density at radius 2 is 1.04 bits per heavy atom. The standard InChI is InChI=1S/C55H50F2N12O10S/c1-74-37-22-18-35(19-23-37)55(34-16-10-5-11-17-34,36-20-24-38(75-2)25-21-36)78-45-40(77-53(41(45)56)68-30-63-43-47(59-28-61-49(43)68)66-51(70)32-12-6-3-7-13-32)27-65-80(72,73)79-46-39(26-58)76-54(42(46)57)69-31-64-44-48(60-29-62-50(44)69)67-52(71)33-14-8-4-9-15-33/h3-25,28-31,39-42,45-46,53-54,65H,26-27,58H2,1-2H3,(H,59,61,66,70)(H,60,62,67,71)/t39-,40-,41-,42-,45-,46-,53-,54-/m1/s1. The molecule has 0 saturated carbocycles. The molecule has 0 aliphatic carbocycles. The Bertz CT molecular complexity index is 3710. The SMILES string of the molecule is COc1ccc(C(O[C@H]2[C@@H](F)[C@H](n3cnc4c(NC(=O)c5ccccc5)ncnc43)O[C@@H]2CNS(=O)(=O)O[C@H]2[C@@H](F)[C@H](n3cnc4c(NC(=O)c5ccccc5)ncnc43)O[C@@H]2CN)(c2ccccc2)c2ccc(OC)cc2)cc1. The molecule has 410 valence electrons. The largest absolute Gasteiger partial charge is 0.497 e. The Kier molecular flexibility index (Phi) is 15.0. The highest BCUT2D eigenvalue weighted by molar-refractivity contribution is 7.84. The normalized spacial score (nSPS) is 21.2. The van der Waals surface area contributed by atoms with Crippen molar-refractivity contribution < 1.29 is 54.7 Å². The second-order valence-electron chi connectivity index (χ2n) is 18.4. The number of fused-ring (bicyclic) bond motifs is 2. The monoisotopic (exact) mass is 1110 g/mol. The number of nitrogens with one attached hydrogen (secondary N) is 3. The second kappa shape index (κ2) is 22.6. The smallest absolute Gasteiger partial charge is 0.336 e. The molecule has 25 heteroatoms. The fraction of sp³-hybridized carbons (Fsp3) is 0.236. The Morgan fingerprint density at radius 3 is 1.50 bits per heavy atom. The molecular weight excluding hydrogens is 1060 g/mol. The maximum Gasteiger partial charge on any atom is 0.336 e. The molecule has 2 fully saturated rings. The number of imidazole rings is 2. The quantitative estimate of drug-likeness (QED) is 0.0655. The summed E-state index contributed by atoms with van der Waals surface area (Å²) in [5, 5.41) is 5.43. The number of ether oxygens (including phenoxy) is 5. The topological polar surface area (TPSA) is 273 Å². The van der Waals surface area contributed by atoms with Gasteiger partial charge in [-0.2, -0.15) is 13.1 Å². The third-order valence-corrected chi connectivity index (χ3v) is 14.7. The molecule has 4 aromatic heterocycles. The van der Waals surface area contributed by atoms with E-state index >= 15 is 8.78 Å². The van der Waals surface area contributed by atoms with Crippen molar-refractivity contribution in [1.29, 1.82) is 0 Å². The van der Waals surface area contributed by atoms with Gasteiger partial charge in [0.05, 0.1) is 26.9 Å². The van der Waals surface area contributed by atoms with Crippen molar-refractivity contribution in [3.05, 3.63) is 193 Å². The van der Waals surface area contributed by atoms with Gasteiger partial charge >= 0.3 is 10.3 Å². The number of alkyl halides is 2. The number of hydrogen-bond acceptors (Lipinski definition) is 17. The van der Waals surface area contributed by atoms with Gasteiger partial charge in [0.25, 0.3) is 11.8 Å². The number of nitrogens with two attached hydrogens (primary N) is 1. The van der Waals surface area contributed by atoms with Crippen LogP contribution < -0.4 is 30.6 Å². The van der Waals surface area contributed by atoms with Gasteiger partial charge in [-0.3, -0.25) is 18.7 Å². The highest BCUT2D eigenvalue weighted by Gasteiger charge is 2.54. The van der Waals surface area contributed by atoms with Crippen LogP contribution >= 0.6 is 0 Å². The van der Waals surface area contributed by atoms with E-state index < -0.39 is 83.5 Å². The summed E-state index contributed by atoms with van der Waals surface area (Å²) >= 11 is 0. The van der Waals surface area contributed by atoms with Gasteiger partial charge < -0.3 is 40.1 Å². The predicted octanol–water partition coefficient (Wildman–Crippen LogP) is 6.21. The number of nitrogens with zero attached hydrogens (tertiary/aromatic N) is 8. The van der Waals surface area contributed by atoms with Crippen LogP contribution in [-0.4, -0.2) is 123 Å². The number of benzene rings is 5. The van der Waals surface area contributed by atoms with E-state index in [4.69, 9.17) is 33.6 Å². The molecule has 9 aromatic rings. The summed E-state index contributed by atoms with van der Waals surface area (Å²) in [6.45, 7) is -1.09. The van der Waals surface area contributed by atoms with Crippen LogP contribution in [0.5, 0.6) is 11.5 Å². The van der Waals surface area contributed by atoms with E-state index in [1.807, 2.05) is 18.2 Å². The number of carbonyl (C=O) groups is 2. The molecule has 22 nitrogen and oxygen atoms in total. The number of aromatic nitrogens is 8. The van der Waals surface area contributed by atoms with E-state index in [0.717, 1.165) is 6.33 Å². The first-order valence-electron chi connectivity index (χ1n) is 25.0. The van der Waals surface area contributed by atoms with Gasteiger partial charge in [-0.15, -0.1) is 0 Å². The Balaban J connectivity index is 0.918. The molecule has 0 radical (unpaired) electrons. The average molecular weight is 1110 g/mol. The molecule has 80 heavy (non-hydrogen) atoms. The zero-order valence-electron chi connectivity index (χ0n) is 42.5. The lowest BCUT2D eigenvalue weighted by Crippen LogP contribution is -2.47. The number of amides is 2. The molecule has 5 aromatic carbocycles. The fourth-order valence-electron chi connectivity index (χ4n) is 9.84. The van der Waals surface area contributed by atoms with E-state index in [1.165, 1.54) is 42.3 Å². The fourth-order valence-corrected chi connectivity index (χ4v) is 10.8. The predicted molar refractivity (Wildman–Crippen MR) is 285 cm³/mol. The summed E-state index contributed by atoms with van der Waals surface area (Å²) in [6, 6.07) is 39.8. The zero-order valence-corrected chi connectivity index (χ0v) is 43.3. The molecule has 2 amide bonds. The van der Waals surface area contributed by atoms with Crippen molar-refractivity contribution in [1.82, 2.24) is 43.8 Å². The van der Waals surface area contributed by atoms with Crippen LogP contribution in [0.25, 0.3) is 22.3 Å². The number of halogens is 2. The third-order valence-electron chi connectivity index (χ3n) is 13.8. The number of methoxy groups -OCH3 is 2. The van der Waals surface area contributed by atoms with Crippen molar-refractivity contribution in [2.45, 2.75) is 54.8 Å². The van der Waals surface area contributed by atoms with E-state index in [-0.39, 0.29) is 40.5 Å². The van der Waals surface area contributed by atoms with E-state index in [1.54, 1.807) is 121 Å². The molecule has 8 atom stereocenters. The molecule has 2 saturated heterocycles. The van der Waals surface area contributed by atoms with Crippen LogP contribution in [0.2, 0.25) is 0 Å². The van der Waals surface area contributed by atoms with Crippen molar-refractivity contribution in [3.8, 4) is 11.5 Å². The molecule has 0 spiro atoms. The number of carbonyl (C=O) groups excluding carboxylic acids is 2. The summed E-state index contributed by atoms with van der Waals surface area (Å²) in [6.07, 6.45) is -9.00. The average Bonchev–Trinajstić information content (AvgIpc) is 4.31. The number of hydrogen-bond donors (Lipinski definition) is 4. The molecule has 0 unspecified atom stereocenters. The molecule has 5 N–H and O–H groups in total. The Hall–Kier alpha value is -8.69. The second-order valence-corrected chi connectivity index (χ2v) is 19.8. The summed E-state index contributed by atoms with van der Waals surface area (Å²) in [5.41, 5.74) is 6.98. The molecular formula is C55H50F2N12O10S. The van der Waals surface area contributed by atoms with Crippen molar-refractivity contribution >= 4 is 56.1 Å². The van der Waals surface area contributed by atoms with Gasteiger partial charge in [-0.25, -0.2) is 42.9 Å². The molecule has 2 aliphatic heterocycles. The van der Waals surface area contributed by atoms with Crippen LogP contribution in [0.4, 0.5) is 20.4 Å². The Morgan fingerprint density at radius 1 is 0.600 bits per heavy atom. The summed E-state index contributed by atoms with van der Waals surface area (Å²) < 4.78 is 105. The molecule has 6 heterocycles. The van der Waals surface area contributed by atoms with Crippen LogP contribution in [0.3, 0.4) is 0 Å². The lowest BCUT2D eigenvalue weighted by atomic mass is 9.79. The highest BCUT2D eigenvalue weighted by Crippen LogP contribution is 2.47. The van der Waals surface area contributed by atoms with E-state index in [0.29, 0.717) is 39.3 Å². The lowest BCUT2D eigenvalue weighted by molar-refractivity contribution is -0.0916. The lowest BCUT2D eigenvalue weighted by Gasteiger charge is -2.39. The maximum absolute atomic E-state index is 18.2. The first-order chi connectivity index (χ1) is 38.9. The van der Waals surface area contributed by atoms with E-state index in [2.05, 4.69) is 45.3 Å². The van der Waals surface area contributed by atoms with Crippen LogP contribution in [0, 0.1) is 0 Å². The summed E-state index contributed by atoms with van der Waals surface area (Å²) in [4.78, 5) is 52.2. The Labute approximate surface area is 455 Å². The van der Waals surface area contributed by atoms with Gasteiger partial charge in [-0.1, -0.05) is 91.0 Å². The maximum atomic E-state index is 18.2. The van der Waals surface area contributed by atoms with Crippen molar-refractivity contribution in [2.75, 3.05) is 37.9 Å². The number of anilines is 2. The van der Waals surface area contributed by atoms with Crippen molar-refractivity contribution in [2.24, 2.45) is 5.73 Å². The summed E-state index contributed by atoms with van der Waals surface area (Å²) in [5.74, 6) is 0.134. The van der Waals surface area contributed by atoms with E-state index in [9.17, 15) is 18.0 Å². The zero-order chi connectivity index (χ0) is 55.5.